The summed E-state index contributed by atoms with van der Waals surface area (Å²) < 4.78 is 0. The summed E-state index contributed by atoms with van der Waals surface area (Å²) in [6.07, 6.45) is 3.77. The van der Waals surface area contributed by atoms with Crippen molar-refractivity contribution in [2.45, 2.75) is 44.2 Å². The Morgan fingerprint density at radius 2 is 1.80 bits per heavy atom. The van der Waals surface area contributed by atoms with Gasteiger partial charge in [-0.3, -0.25) is 14.4 Å². The molecule has 3 fully saturated rings. The molecule has 0 radical (unpaired) electrons. The Morgan fingerprint density at radius 1 is 1.03 bits per heavy atom. The third-order valence-corrected chi connectivity index (χ3v) is 6.33. The normalized spacial score (nSPS) is 24.5. The molecule has 0 aromatic heterocycles. The zero-order valence-electron chi connectivity index (χ0n) is 17.3. The highest BCUT2D eigenvalue weighted by Gasteiger charge is 2.39. The zero-order valence-corrected chi connectivity index (χ0v) is 18.1. The van der Waals surface area contributed by atoms with Crippen LogP contribution in [0.15, 0.2) is 30.3 Å². The predicted octanol–water partition coefficient (Wildman–Crippen LogP) is 1.06. The van der Waals surface area contributed by atoms with Gasteiger partial charge >= 0.3 is 0 Å². The van der Waals surface area contributed by atoms with Gasteiger partial charge in [-0.1, -0.05) is 30.3 Å². The third kappa shape index (κ3) is 4.95. The van der Waals surface area contributed by atoms with Crippen LogP contribution in [0, 0.1) is 0 Å². The average molecular weight is 435 g/mol. The molecule has 1 aromatic rings. The fraction of sp³-hybridized carbons (Fsp3) is 0.591. The number of benzene rings is 1. The summed E-state index contributed by atoms with van der Waals surface area (Å²) in [5, 5.41) is 3.10. The van der Waals surface area contributed by atoms with Crippen LogP contribution in [0.25, 0.3) is 0 Å². The number of hydrogen-bond donors (Lipinski definition) is 1. The average Bonchev–Trinajstić information content (AvgIpc) is 3.24. The van der Waals surface area contributed by atoms with E-state index in [4.69, 9.17) is 0 Å². The summed E-state index contributed by atoms with van der Waals surface area (Å²) in [5.74, 6) is 0.199. The van der Waals surface area contributed by atoms with Gasteiger partial charge in [0.15, 0.2) is 0 Å². The van der Waals surface area contributed by atoms with Gasteiger partial charge in [-0.15, -0.1) is 12.4 Å². The molecule has 3 heterocycles. The number of carbonyl (C=O) groups is 3. The van der Waals surface area contributed by atoms with Gasteiger partial charge < -0.3 is 20.0 Å². The first kappa shape index (κ1) is 22.6. The van der Waals surface area contributed by atoms with Crippen molar-refractivity contribution in [1.82, 2.24) is 20.0 Å². The number of piperidine rings is 1. The molecule has 0 spiro atoms. The number of nitrogens with zero attached hydrogens (tertiary/aromatic N) is 3. The minimum Gasteiger partial charge on any atom is -0.339 e. The van der Waals surface area contributed by atoms with E-state index in [0.717, 1.165) is 37.8 Å². The summed E-state index contributed by atoms with van der Waals surface area (Å²) in [6, 6.07) is 9.43. The standard InChI is InChI=1S/C22H30N4O3.ClH/c27-20(14-17-6-2-1-3-7-17)26-12-5-9-19(26)22(29)24-11-4-8-18(16-24)25-13-10-23-15-21(25)28;/h1-3,6-7,18-19,23H,4-5,8-16H2;1H. The molecule has 0 aliphatic carbocycles. The lowest BCUT2D eigenvalue weighted by Gasteiger charge is -2.42. The molecule has 164 valence electrons. The smallest absolute Gasteiger partial charge is 0.245 e. The Labute approximate surface area is 184 Å². The first-order valence-electron chi connectivity index (χ1n) is 10.8. The van der Waals surface area contributed by atoms with E-state index in [1.807, 2.05) is 40.1 Å². The number of halogens is 1. The minimum absolute atomic E-state index is 0. The van der Waals surface area contributed by atoms with Crippen LogP contribution in [0.2, 0.25) is 0 Å². The molecule has 30 heavy (non-hydrogen) atoms. The molecule has 3 aliphatic rings. The molecule has 8 heteroatoms. The fourth-order valence-electron chi connectivity index (χ4n) is 4.82. The van der Waals surface area contributed by atoms with Crippen molar-refractivity contribution >= 4 is 30.1 Å². The number of nitrogens with one attached hydrogen (secondary N) is 1. The summed E-state index contributed by atoms with van der Waals surface area (Å²) >= 11 is 0. The molecule has 3 saturated heterocycles. The van der Waals surface area contributed by atoms with Crippen LogP contribution in [-0.2, 0) is 20.8 Å². The Balaban J connectivity index is 0.00000256. The maximum absolute atomic E-state index is 13.3. The van der Waals surface area contributed by atoms with E-state index in [9.17, 15) is 14.4 Å². The van der Waals surface area contributed by atoms with Crippen LogP contribution in [0.5, 0.6) is 0 Å². The van der Waals surface area contributed by atoms with Crippen LogP contribution in [0.3, 0.4) is 0 Å². The first-order valence-corrected chi connectivity index (χ1v) is 10.8. The molecule has 1 aromatic carbocycles. The molecule has 0 saturated carbocycles. The highest BCUT2D eigenvalue weighted by atomic mass is 35.5. The molecule has 2 unspecified atom stereocenters. The van der Waals surface area contributed by atoms with E-state index in [2.05, 4.69) is 5.32 Å². The molecule has 4 rings (SSSR count). The lowest BCUT2D eigenvalue weighted by Crippen LogP contribution is -2.59. The van der Waals surface area contributed by atoms with Gasteiger partial charge in [0.25, 0.3) is 0 Å². The van der Waals surface area contributed by atoms with E-state index >= 15 is 0 Å². The SMILES string of the molecule is Cl.O=C(C1CCCN1C(=O)Cc1ccccc1)N1CCCC(N2CCNCC2=O)C1. The van der Waals surface area contributed by atoms with Gasteiger partial charge in [0.05, 0.1) is 13.0 Å². The Hall–Kier alpha value is -2.12. The second-order valence-electron chi connectivity index (χ2n) is 8.25. The second-order valence-corrected chi connectivity index (χ2v) is 8.25. The number of likely N-dealkylation sites (tertiary alicyclic amines) is 2. The Morgan fingerprint density at radius 3 is 2.57 bits per heavy atom. The molecule has 3 amide bonds. The molecular weight excluding hydrogens is 404 g/mol. The first-order chi connectivity index (χ1) is 14.1. The molecule has 3 aliphatic heterocycles. The Kier molecular flexibility index (Phi) is 7.72. The lowest BCUT2D eigenvalue weighted by molar-refractivity contribution is -0.146. The molecular formula is C22H31ClN4O3. The molecule has 7 nitrogen and oxygen atoms in total. The van der Waals surface area contributed by atoms with Gasteiger partial charge in [0.1, 0.15) is 6.04 Å². The number of rotatable bonds is 4. The number of amides is 3. The Bertz CT molecular complexity index is 760. The summed E-state index contributed by atoms with van der Waals surface area (Å²) in [4.78, 5) is 44.0. The van der Waals surface area contributed by atoms with E-state index in [0.29, 0.717) is 39.1 Å². The number of hydrogen-bond acceptors (Lipinski definition) is 4. The van der Waals surface area contributed by atoms with Crippen molar-refractivity contribution in [1.29, 1.82) is 0 Å². The van der Waals surface area contributed by atoms with Gasteiger partial charge in [-0.25, -0.2) is 0 Å². The van der Waals surface area contributed by atoms with Crippen molar-refractivity contribution in [3.8, 4) is 0 Å². The highest BCUT2D eigenvalue weighted by molar-refractivity contribution is 5.89. The maximum atomic E-state index is 13.3. The van der Waals surface area contributed by atoms with Crippen LogP contribution in [0.1, 0.15) is 31.2 Å². The van der Waals surface area contributed by atoms with Crippen molar-refractivity contribution < 1.29 is 14.4 Å². The monoisotopic (exact) mass is 434 g/mol. The topological polar surface area (TPSA) is 73.0 Å². The highest BCUT2D eigenvalue weighted by Crippen LogP contribution is 2.24. The van der Waals surface area contributed by atoms with Crippen molar-refractivity contribution in [3.05, 3.63) is 35.9 Å². The van der Waals surface area contributed by atoms with Crippen LogP contribution in [0.4, 0.5) is 0 Å². The van der Waals surface area contributed by atoms with Crippen LogP contribution >= 0.6 is 12.4 Å². The van der Waals surface area contributed by atoms with E-state index in [1.165, 1.54) is 0 Å². The molecule has 1 N–H and O–H groups in total. The second kappa shape index (κ2) is 10.3. The lowest BCUT2D eigenvalue weighted by atomic mass is 10.0. The van der Waals surface area contributed by atoms with E-state index in [-0.39, 0.29) is 42.2 Å². The van der Waals surface area contributed by atoms with Gasteiger partial charge in [-0.2, -0.15) is 0 Å². The predicted molar refractivity (Wildman–Crippen MR) is 116 cm³/mol. The third-order valence-electron chi connectivity index (χ3n) is 6.33. The van der Waals surface area contributed by atoms with Gasteiger partial charge in [0.2, 0.25) is 17.7 Å². The van der Waals surface area contributed by atoms with Crippen LogP contribution < -0.4 is 5.32 Å². The molecule has 0 bridgehead atoms. The van der Waals surface area contributed by atoms with Crippen molar-refractivity contribution in [2.75, 3.05) is 39.3 Å². The molecule has 2 atom stereocenters. The van der Waals surface area contributed by atoms with Crippen LogP contribution in [-0.4, -0.2) is 83.8 Å². The van der Waals surface area contributed by atoms with E-state index < -0.39 is 0 Å². The quantitative estimate of drug-likeness (QED) is 0.769. The largest absolute Gasteiger partial charge is 0.339 e. The zero-order chi connectivity index (χ0) is 20.2. The maximum Gasteiger partial charge on any atom is 0.245 e. The van der Waals surface area contributed by atoms with Crippen molar-refractivity contribution in [3.63, 3.8) is 0 Å². The summed E-state index contributed by atoms with van der Waals surface area (Å²) in [5.41, 5.74) is 0.978. The summed E-state index contributed by atoms with van der Waals surface area (Å²) in [7, 11) is 0. The van der Waals surface area contributed by atoms with Gasteiger partial charge in [-0.05, 0) is 31.2 Å². The van der Waals surface area contributed by atoms with Crippen molar-refractivity contribution in [2.24, 2.45) is 0 Å². The van der Waals surface area contributed by atoms with E-state index in [1.54, 1.807) is 4.90 Å². The fourth-order valence-corrected chi connectivity index (χ4v) is 4.82. The summed E-state index contributed by atoms with van der Waals surface area (Å²) in [6.45, 7) is 3.84. The van der Waals surface area contributed by atoms with Gasteiger partial charge in [0, 0.05) is 38.8 Å². The number of piperazine rings is 1. The minimum atomic E-state index is -0.358. The number of carbonyl (C=O) groups excluding carboxylic acids is 3.